The van der Waals surface area contributed by atoms with Gasteiger partial charge in [0.2, 0.25) is 5.91 Å². The SMILES string of the molecule is CCCC(CC(=O)N1C(CC)SCC1C(=O)O)NC(=O)OCC1c2ccccc2-c2ccccc21. The maximum Gasteiger partial charge on any atom is 0.407 e. The Kier molecular flexibility index (Phi) is 8.00. The maximum atomic E-state index is 13.1. The minimum atomic E-state index is -0.988. The van der Waals surface area contributed by atoms with Crippen LogP contribution in [0, 0.1) is 0 Å². The van der Waals surface area contributed by atoms with Crippen LogP contribution in [0.25, 0.3) is 11.1 Å². The number of thioether (sulfide) groups is 1. The van der Waals surface area contributed by atoms with Crippen molar-refractivity contribution in [3.8, 4) is 11.1 Å². The molecule has 1 fully saturated rings. The number of alkyl carbamates (subject to hydrolysis) is 1. The van der Waals surface area contributed by atoms with Crippen LogP contribution in [0.5, 0.6) is 0 Å². The molecule has 35 heavy (non-hydrogen) atoms. The second kappa shape index (κ2) is 11.2. The zero-order valence-electron chi connectivity index (χ0n) is 20.1. The Morgan fingerprint density at radius 2 is 1.71 bits per heavy atom. The summed E-state index contributed by atoms with van der Waals surface area (Å²) < 4.78 is 5.65. The van der Waals surface area contributed by atoms with Crippen LogP contribution in [-0.2, 0) is 14.3 Å². The summed E-state index contributed by atoms with van der Waals surface area (Å²) in [6.45, 7) is 4.13. The van der Waals surface area contributed by atoms with Gasteiger partial charge in [-0.05, 0) is 35.1 Å². The number of fused-ring (bicyclic) bond motifs is 3. The van der Waals surface area contributed by atoms with E-state index >= 15 is 0 Å². The summed E-state index contributed by atoms with van der Waals surface area (Å²) in [5, 5.41) is 12.3. The van der Waals surface area contributed by atoms with Gasteiger partial charge in [-0.1, -0.05) is 68.8 Å². The van der Waals surface area contributed by atoms with Gasteiger partial charge in [0.25, 0.3) is 0 Å². The van der Waals surface area contributed by atoms with Crippen molar-refractivity contribution >= 4 is 29.7 Å². The lowest BCUT2D eigenvalue weighted by atomic mass is 9.98. The molecule has 2 aliphatic rings. The predicted octanol–water partition coefficient (Wildman–Crippen LogP) is 4.85. The van der Waals surface area contributed by atoms with E-state index in [1.807, 2.05) is 38.1 Å². The van der Waals surface area contributed by atoms with E-state index in [1.54, 1.807) is 0 Å². The Balaban J connectivity index is 1.39. The van der Waals surface area contributed by atoms with E-state index in [1.165, 1.54) is 16.7 Å². The van der Waals surface area contributed by atoms with Crippen LogP contribution in [0.4, 0.5) is 4.79 Å². The van der Waals surface area contributed by atoms with E-state index in [4.69, 9.17) is 4.74 Å². The van der Waals surface area contributed by atoms with Gasteiger partial charge in [0.05, 0.1) is 5.37 Å². The standard InChI is InChI=1S/C27H32N2O5S/c1-3-9-17(14-24(30)29-23(26(31)32)16-35-25(29)4-2)28-27(33)34-15-22-20-12-7-5-10-18(20)19-11-6-8-13-21(19)22/h5-8,10-13,17,22-23,25H,3-4,9,14-16H2,1-2H3,(H,28,33)(H,31,32). The highest BCUT2D eigenvalue weighted by Crippen LogP contribution is 2.44. The predicted molar refractivity (Wildman–Crippen MR) is 136 cm³/mol. The average Bonchev–Trinajstić information content (AvgIpc) is 3.42. The Bertz CT molecular complexity index is 1050. The molecule has 0 aromatic heterocycles. The minimum Gasteiger partial charge on any atom is -0.480 e. The van der Waals surface area contributed by atoms with Crippen LogP contribution in [0.15, 0.2) is 48.5 Å². The van der Waals surface area contributed by atoms with Gasteiger partial charge in [0.15, 0.2) is 0 Å². The van der Waals surface area contributed by atoms with Gasteiger partial charge in [-0.2, -0.15) is 0 Å². The third-order valence-electron chi connectivity index (χ3n) is 6.74. The van der Waals surface area contributed by atoms with Crippen LogP contribution in [0.2, 0.25) is 0 Å². The first-order valence-corrected chi connectivity index (χ1v) is 13.3. The molecule has 2 amide bonds. The van der Waals surface area contributed by atoms with Crippen molar-refractivity contribution in [3.63, 3.8) is 0 Å². The average molecular weight is 497 g/mol. The Morgan fingerprint density at radius 1 is 1.09 bits per heavy atom. The van der Waals surface area contributed by atoms with Gasteiger partial charge in [-0.3, -0.25) is 4.79 Å². The second-order valence-electron chi connectivity index (χ2n) is 9.01. The molecule has 2 aromatic rings. The van der Waals surface area contributed by atoms with E-state index in [9.17, 15) is 19.5 Å². The molecule has 3 atom stereocenters. The number of carbonyl (C=O) groups is 3. The van der Waals surface area contributed by atoms with Crippen molar-refractivity contribution in [1.82, 2.24) is 10.2 Å². The Labute approximate surface area is 210 Å². The number of hydrogen-bond donors (Lipinski definition) is 2. The van der Waals surface area contributed by atoms with Crippen molar-refractivity contribution in [1.29, 1.82) is 0 Å². The molecule has 4 rings (SSSR count). The molecule has 0 radical (unpaired) electrons. The molecule has 7 nitrogen and oxygen atoms in total. The number of amides is 2. The van der Waals surface area contributed by atoms with Crippen molar-refractivity contribution in [3.05, 3.63) is 59.7 Å². The highest BCUT2D eigenvalue weighted by atomic mass is 32.2. The summed E-state index contributed by atoms with van der Waals surface area (Å²) in [4.78, 5) is 39.0. The van der Waals surface area contributed by atoms with Crippen LogP contribution in [0.3, 0.4) is 0 Å². The summed E-state index contributed by atoms with van der Waals surface area (Å²) in [6, 6.07) is 15.1. The number of nitrogens with one attached hydrogen (secondary N) is 1. The number of rotatable bonds is 9. The summed E-state index contributed by atoms with van der Waals surface area (Å²) in [5.74, 6) is -0.884. The molecule has 1 aliphatic heterocycles. The fourth-order valence-electron chi connectivity index (χ4n) is 5.10. The quantitative estimate of drug-likeness (QED) is 0.515. The lowest BCUT2D eigenvalue weighted by Gasteiger charge is -2.28. The zero-order chi connectivity index (χ0) is 24.9. The third kappa shape index (κ3) is 5.32. The second-order valence-corrected chi connectivity index (χ2v) is 10.2. The molecule has 2 aromatic carbocycles. The monoisotopic (exact) mass is 496 g/mol. The third-order valence-corrected chi connectivity index (χ3v) is 8.19. The topological polar surface area (TPSA) is 95.9 Å². The molecule has 1 saturated heterocycles. The van der Waals surface area contributed by atoms with Crippen LogP contribution >= 0.6 is 11.8 Å². The van der Waals surface area contributed by atoms with Crippen molar-refractivity contribution in [2.45, 2.75) is 62.9 Å². The maximum absolute atomic E-state index is 13.1. The molecule has 0 spiro atoms. The van der Waals surface area contributed by atoms with E-state index in [0.29, 0.717) is 18.6 Å². The Hall–Kier alpha value is -3.00. The zero-order valence-corrected chi connectivity index (χ0v) is 20.9. The lowest BCUT2D eigenvalue weighted by molar-refractivity contribution is -0.149. The fraction of sp³-hybridized carbons (Fsp3) is 0.444. The number of nitrogens with zero attached hydrogens (tertiary/aromatic N) is 1. The van der Waals surface area contributed by atoms with Crippen molar-refractivity contribution < 1.29 is 24.2 Å². The fourth-order valence-corrected chi connectivity index (χ4v) is 6.47. The first kappa shape index (κ1) is 25.1. The van der Waals surface area contributed by atoms with Gasteiger partial charge < -0.3 is 20.1 Å². The highest BCUT2D eigenvalue weighted by Gasteiger charge is 2.41. The minimum absolute atomic E-state index is 0.0392. The molecule has 186 valence electrons. The van der Waals surface area contributed by atoms with Crippen molar-refractivity contribution in [2.75, 3.05) is 12.4 Å². The molecule has 1 heterocycles. The number of ether oxygens (including phenoxy) is 1. The van der Waals surface area contributed by atoms with Crippen molar-refractivity contribution in [2.24, 2.45) is 0 Å². The molecule has 8 heteroatoms. The van der Waals surface area contributed by atoms with Gasteiger partial charge in [-0.15, -0.1) is 11.8 Å². The molecule has 0 saturated carbocycles. The van der Waals surface area contributed by atoms with Gasteiger partial charge in [0, 0.05) is 24.1 Å². The van der Waals surface area contributed by atoms with E-state index < -0.39 is 24.1 Å². The smallest absolute Gasteiger partial charge is 0.407 e. The summed E-state index contributed by atoms with van der Waals surface area (Å²) in [6.07, 6.45) is 1.55. The number of carboxylic acids is 1. The molecule has 0 bridgehead atoms. The van der Waals surface area contributed by atoms with Crippen LogP contribution < -0.4 is 5.32 Å². The van der Waals surface area contributed by atoms with Gasteiger partial charge in [0.1, 0.15) is 12.6 Å². The van der Waals surface area contributed by atoms with E-state index in [0.717, 1.165) is 28.7 Å². The van der Waals surface area contributed by atoms with E-state index in [-0.39, 0.29) is 30.2 Å². The number of benzene rings is 2. The Morgan fingerprint density at radius 3 is 2.29 bits per heavy atom. The number of aliphatic carboxylic acids is 1. The number of hydrogen-bond acceptors (Lipinski definition) is 5. The summed E-state index contributed by atoms with van der Waals surface area (Å²) in [7, 11) is 0. The number of carbonyl (C=O) groups excluding carboxylic acids is 2. The summed E-state index contributed by atoms with van der Waals surface area (Å²) in [5.41, 5.74) is 4.60. The molecule has 2 N–H and O–H groups in total. The first-order valence-electron chi connectivity index (χ1n) is 12.2. The van der Waals surface area contributed by atoms with Gasteiger partial charge >= 0.3 is 12.1 Å². The normalized spacial score (nSPS) is 19.7. The first-order chi connectivity index (χ1) is 16.9. The molecular weight excluding hydrogens is 464 g/mol. The molecular formula is C27H32N2O5S. The molecule has 1 aliphatic carbocycles. The highest BCUT2D eigenvalue weighted by molar-refractivity contribution is 8.00. The summed E-state index contributed by atoms with van der Waals surface area (Å²) >= 11 is 1.49. The number of carboxylic acid groups (broad SMARTS) is 1. The van der Waals surface area contributed by atoms with Crippen LogP contribution in [-0.4, -0.2) is 57.8 Å². The van der Waals surface area contributed by atoms with Gasteiger partial charge in [-0.25, -0.2) is 9.59 Å². The van der Waals surface area contributed by atoms with Crippen LogP contribution in [0.1, 0.15) is 56.6 Å². The lowest BCUT2D eigenvalue weighted by Crippen LogP contribution is -2.48. The molecule has 3 unspecified atom stereocenters. The van der Waals surface area contributed by atoms with E-state index in [2.05, 4.69) is 29.6 Å². The largest absolute Gasteiger partial charge is 0.480 e.